The maximum Gasteiger partial charge on any atom is 0.158 e. The van der Waals surface area contributed by atoms with Crippen molar-refractivity contribution in [3.05, 3.63) is 10.4 Å². The predicted octanol–water partition coefficient (Wildman–Crippen LogP) is 2.79. The largest absolute Gasteiger partial charge is 0.363 e. The van der Waals surface area contributed by atoms with Gasteiger partial charge < -0.3 is 14.0 Å². The van der Waals surface area contributed by atoms with E-state index in [-0.39, 0.29) is 18.5 Å². The highest BCUT2D eigenvalue weighted by atomic mass is 31.0. The lowest BCUT2D eigenvalue weighted by Crippen LogP contribution is -2.35. The molecule has 7 heteroatoms. The van der Waals surface area contributed by atoms with Gasteiger partial charge >= 0.3 is 0 Å². The van der Waals surface area contributed by atoms with E-state index in [0.29, 0.717) is 13.2 Å². The molecule has 0 bridgehead atoms. The maximum atomic E-state index is 8.28. The summed E-state index contributed by atoms with van der Waals surface area (Å²) >= 11 is 0. The Bertz CT molecular complexity index is 259. The van der Waals surface area contributed by atoms with Crippen LogP contribution in [-0.4, -0.2) is 31.6 Å². The molecule has 0 radical (unpaired) electrons. The molecule has 1 fully saturated rings. The van der Waals surface area contributed by atoms with Gasteiger partial charge in [-0.25, -0.2) is 0 Å². The van der Waals surface area contributed by atoms with Crippen LogP contribution in [0.5, 0.6) is 0 Å². The van der Waals surface area contributed by atoms with E-state index < -0.39 is 0 Å². The van der Waals surface area contributed by atoms with Crippen molar-refractivity contribution in [1.29, 1.82) is 0 Å². The molecule has 0 aromatic rings. The van der Waals surface area contributed by atoms with Gasteiger partial charge in [0.2, 0.25) is 0 Å². The molecule has 17 heavy (non-hydrogen) atoms. The summed E-state index contributed by atoms with van der Waals surface area (Å²) < 4.78 is 16.5. The lowest BCUT2D eigenvalue weighted by Gasteiger charge is -2.31. The third-order valence-electron chi connectivity index (χ3n) is 2.74. The van der Waals surface area contributed by atoms with Gasteiger partial charge in [-0.1, -0.05) is 12.0 Å². The highest BCUT2D eigenvalue weighted by Crippen LogP contribution is 2.22. The van der Waals surface area contributed by atoms with Crippen molar-refractivity contribution in [3.8, 4) is 0 Å². The van der Waals surface area contributed by atoms with Crippen LogP contribution >= 0.6 is 9.47 Å². The number of hydrogen-bond acceptors (Lipinski definition) is 4. The number of hydrogen-bond donors (Lipinski definition) is 0. The molecule has 0 aromatic heterocycles. The summed E-state index contributed by atoms with van der Waals surface area (Å²) in [6.45, 7) is 2.93. The fraction of sp³-hybridized carbons (Fsp3) is 1.00. The normalized spacial score (nSPS) is 26.2. The molecule has 0 aliphatic carbocycles. The summed E-state index contributed by atoms with van der Waals surface area (Å²) in [5.41, 5.74) is 8.28. The highest BCUT2D eigenvalue weighted by Gasteiger charge is 2.24. The highest BCUT2D eigenvalue weighted by molar-refractivity contribution is 7.09. The Morgan fingerprint density at radius 1 is 1.59 bits per heavy atom. The molecular formula is C10H20N3O3P. The number of azide groups is 1. The molecule has 1 aliphatic heterocycles. The first-order valence-corrected chi connectivity index (χ1v) is 6.40. The molecule has 0 N–H and O–H groups in total. The Hall–Kier alpha value is -0.380. The van der Waals surface area contributed by atoms with Gasteiger partial charge in [0.25, 0.3) is 0 Å². The first kappa shape index (κ1) is 14.7. The van der Waals surface area contributed by atoms with Crippen molar-refractivity contribution in [2.45, 2.75) is 51.1 Å². The number of ether oxygens (including phenoxy) is 2. The van der Waals surface area contributed by atoms with Crippen LogP contribution in [0.1, 0.15) is 32.6 Å². The van der Waals surface area contributed by atoms with Crippen molar-refractivity contribution >= 4 is 9.47 Å². The molecule has 0 amide bonds. The maximum absolute atomic E-state index is 8.28. The van der Waals surface area contributed by atoms with Crippen molar-refractivity contribution in [3.63, 3.8) is 0 Å². The third kappa shape index (κ3) is 5.66. The Morgan fingerprint density at radius 3 is 3.06 bits per heavy atom. The summed E-state index contributed by atoms with van der Waals surface area (Å²) in [6.07, 6.45) is 3.61. The average molecular weight is 261 g/mol. The molecular weight excluding hydrogens is 241 g/mol. The first-order chi connectivity index (χ1) is 8.30. The van der Waals surface area contributed by atoms with Crippen LogP contribution in [0.3, 0.4) is 0 Å². The zero-order valence-corrected chi connectivity index (χ0v) is 11.3. The SMILES string of the molecule is CCC(CN=[N+]=[N-])OC1CCCC(COP)O1. The van der Waals surface area contributed by atoms with Gasteiger partial charge in [-0.15, -0.1) is 0 Å². The monoisotopic (exact) mass is 261 g/mol. The first-order valence-electron chi connectivity index (χ1n) is 5.93. The van der Waals surface area contributed by atoms with Gasteiger partial charge in [-0.05, 0) is 31.2 Å². The summed E-state index contributed by atoms with van der Waals surface area (Å²) in [6, 6.07) is 0. The third-order valence-corrected chi connectivity index (χ3v) is 2.93. The summed E-state index contributed by atoms with van der Waals surface area (Å²) in [5, 5.41) is 3.54. The minimum atomic E-state index is -0.201. The smallest absolute Gasteiger partial charge is 0.158 e. The Balaban J connectivity index is 2.35. The van der Waals surface area contributed by atoms with Crippen LogP contribution in [0.25, 0.3) is 10.4 Å². The summed E-state index contributed by atoms with van der Waals surface area (Å²) in [4.78, 5) is 2.74. The number of rotatable bonds is 7. The van der Waals surface area contributed by atoms with Crippen LogP contribution in [0.4, 0.5) is 0 Å². The number of nitrogens with zero attached hydrogens (tertiary/aromatic N) is 3. The molecule has 98 valence electrons. The van der Waals surface area contributed by atoms with Gasteiger partial charge in [-0.2, -0.15) is 0 Å². The van der Waals surface area contributed by atoms with Crippen molar-refractivity contribution < 1.29 is 14.0 Å². The minimum absolute atomic E-state index is 0.0634. The van der Waals surface area contributed by atoms with E-state index in [9.17, 15) is 0 Å². The fourth-order valence-electron chi connectivity index (χ4n) is 1.80. The van der Waals surface area contributed by atoms with Crippen LogP contribution in [0.15, 0.2) is 5.11 Å². The second-order valence-electron chi connectivity index (χ2n) is 4.03. The Labute approximate surface area is 104 Å². The lowest BCUT2D eigenvalue weighted by molar-refractivity contribution is -0.217. The zero-order valence-electron chi connectivity index (χ0n) is 10.1. The Kier molecular flexibility index (Phi) is 7.49. The predicted molar refractivity (Wildman–Crippen MR) is 67.4 cm³/mol. The van der Waals surface area contributed by atoms with Gasteiger partial charge in [0.1, 0.15) is 0 Å². The molecule has 4 atom stereocenters. The summed E-state index contributed by atoms with van der Waals surface area (Å²) in [7, 11) is 2.23. The van der Waals surface area contributed by atoms with E-state index in [1.807, 2.05) is 6.92 Å². The van der Waals surface area contributed by atoms with E-state index in [1.165, 1.54) is 0 Å². The molecule has 1 rings (SSSR count). The lowest BCUT2D eigenvalue weighted by atomic mass is 10.1. The van der Waals surface area contributed by atoms with Crippen molar-refractivity contribution in [1.82, 2.24) is 0 Å². The van der Waals surface area contributed by atoms with E-state index in [2.05, 4.69) is 19.5 Å². The molecule has 0 spiro atoms. The van der Waals surface area contributed by atoms with E-state index >= 15 is 0 Å². The van der Waals surface area contributed by atoms with Crippen LogP contribution in [0.2, 0.25) is 0 Å². The van der Waals surface area contributed by atoms with E-state index in [0.717, 1.165) is 25.7 Å². The molecule has 0 saturated carbocycles. The van der Waals surface area contributed by atoms with E-state index in [4.69, 9.17) is 19.5 Å². The summed E-state index contributed by atoms with van der Waals surface area (Å²) in [5.74, 6) is 0. The zero-order chi connectivity index (χ0) is 12.5. The molecule has 1 heterocycles. The fourth-order valence-corrected chi connectivity index (χ4v) is 2.02. The minimum Gasteiger partial charge on any atom is -0.363 e. The average Bonchev–Trinajstić information content (AvgIpc) is 2.35. The molecule has 0 aromatic carbocycles. The van der Waals surface area contributed by atoms with Crippen LogP contribution < -0.4 is 0 Å². The topological polar surface area (TPSA) is 76.5 Å². The van der Waals surface area contributed by atoms with Crippen LogP contribution in [-0.2, 0) is 14.0 Å². The molecule has 4 unspecified atom stereocenters. The molecule has 6 nitrogen and oxygen atoms in total. The van der Waals surface area contributed by atoms with Crippen LogP contribution in [0, 0.1) is 0 Å². The van der Waals surface area contributed by atoms with Gasteiger partial charge in [0.05, 0.1) is 25.4 Å². The molecule has 1 saturated heterocycles. The second-order valence-corrected chi connectivity index (χ2v) is 4.36. The van der Waals surface area contributed by atoms with Crippen molar-refractivity contribution in [2.75, 3.05) is 13.2 Å². The van der Waals surface area contributed by atoms with Gasteiger partial charge in [0, 0.05) is 14.4 Å². The molecule has 1 aliphatic rings. The Morgan fingerprint density at radius 2 is 2.41 bits per heavy atom. The second kappa shape index (κ2) is 8.67. The standard InChI is InChI=1S/C10H20N3O3P/c1-2-8(6-12-13-11)15-10-5-3-4-9(16-10)7-14-17/h8-10H,2-7,17H2,1H3. The quantitative estimate of drug-likeness (QED) is 0.306. The van der Waals surface area contributed by atoms with E-state index in [1.54, 1.807) is 0 Å². The van der Waals surface area contributed by atoms with Crippen molar-refractivity contribution in [2.24, 2.45) is 5.11 Å². The van der Waals surface area contributed by atoms with Gasteiger partial charge in [0.15, 0.2) is 6.29 Å². The van der Waals surface area contributed by atoms with Gasteiger partial charge in [-0.3, -0.25) is 0 Å².